The molecule has 0 fully saturated rings. The summed E-state index contributed by atoms with van der Waals surface area (Å²) in [7, 11) is -4.16. The highest BCUT2D eigenvalue weighted by molar-refractivity contribution is 7.86. The van der Waals surface area contributed by atoms with Gasteiger partial charge in [-0.3, -0.25) is 4.55 Å². The van der Waals surface area contributed by atoms with E-state index in [1.54, 1.807) is 12.1 Å². The fraction of sp³-hybridized carbons (Fsp3) is 0.231. The Morgan fingerprint density at radius 2 is 1.82 bits per heavy atom. The van der Waals surface area contributed by atoms with Gasteiger partial charge in [-0.05, 0) is 22.9 Å². The molecule has 0 spiro atoms. The zero-order chi connectivity index (χ0) is 12.6. The lowest BCUT2D eigenvalue weighted by molar-refractivity contribution is 0.484. The molecule has 0 saturated carbocycles. The Labute approximate surface area is 101 Å². The topological polar surface area (TPSA) is 54.4 Å². The van der Waals surface area contributed by atoms with E-state index in [9.17, 15) is 8.42 Å². The summed E-state index contributed by atoms with van der Waals surface area (Å²) in [6, 6.07) is 10.5. The molecule has 0 amide bonds. The molecule has 0 aliphatic heterocycles. The van der Waals surface area contributed by atoms with Gasteiger partial charge in [0.15, 0.2) is 0 Å². The molecule has 3 nitrogen and oxygen atoms in total. The Kier molecular flexibility index (Phi) is 2.93. The minimum atomic E-state index is -4.16. The number of hydrogen-bond acceptors (Lipinski definition) is 2. The molecule has 0 unspecified atom stereocenters. The fourth-order valence-electron chi connectivity index (χ4n) is 1.86. The monoisotopic (exact) mass is 250 g/mol. The third kappa shape index (κ3) is 2.33. The smallest absolute Gasteiger partial charge is 0.282 e. The van der Waals surface area contributed by atoms with Crippen molar-refractivity contribution in [3.05, 3.63) is 42.0 Å². The quantitative estimate of drug-likeness (QED) is 0.833. The van der Waals surface area contributed by atoms with Crippen LogP contribution in [0.3, 0.4) is 0 Å². The van der Waals surface area contributed by atoms with Gasteiger partial charge < -0.3 is 0 Å². The molecule has 90 valence electrons. The second-order valence-corrected chi connectivity index (χ2v) is 5.76. The molecule has 4 heteroatoms. The fourth-order valence-corrected chi connectivity index (χ4v) is 2.57. The number of hydrogen-bond donors (Lipinski definition) is 1. The highest BCUT2D eigenvalue weighted by Crippen LogP contribution is 2.26. The lowest BCUT2D eigenvalue weighted by atomic mass is 9.99. The summed E-state index contributed by atoms with van der Waals surface area (Å²) >= 11 is 0. The Morgan fingerprint density at radius 3 is 2.41 bits per heavy atom. The van der Waals surface area contributed by atoms with E-state index < -0.39 is 10.1 Å². The second kappa shape index (κ2) is 4.13. The molecule has 0 bridgehead atoms. The van der Waals surface area contributed by atoms with E-state index in [0.29, 0.717) is 11.3 Å². The molecule has 0 heterocycles. The Bertz CT molecular complexity index is 657. The van der Waals surface area contributed by atoms with Gasteiger partial charge in [0.05, 0.1) is 0 Å². The predicted octanol–water partition coefficient (Wildman–Crippen LogP) is 3.21. The van der Waals surface area contributed by atoms with Gasteiger partial charge in [0, 0.05) is 5.39 Å². The van der Waals surface area contributed by atoms with E-state index >= 15 is 0 Å². The second-order valence-electron chi connectivity index (χ2n) is 4.37. The van der Waals surface area contributed by atoms with E-state index in [2.05, 4.69) is 13.8 Å². The van der Waals surface area contributed by atoms with Crippen LogP contribution in [-0.4, -0.2) is 13.0 Å². The normalized spacial score (nSPS) is 12.2. The first-order chi connectivity index (χ1) is 7.89. The first-order valence-electron chi connectivity index (χ1n) is 5.40. The summed E-state index contributed by atoms with van der Waals surface area (Å²) in [5.74, 6) is 0.383. The van der Waals surface area contributed by atoms with Crippen molar-refractivity contribution in [1.82, 2.24) is 0 Å². The molecular formula is C13H14O3S. The molecule has 17 heavy (non-hydrogen) atoms. The molecular weight excluding hydrogens is 236 g/mol. The molecule has 2 rings (SSSR count). The number of benzene rings is 2. The summed E-state index contributed by atoms with van der Waals surface area (Å²) in [6.07, 6.45) is 0. The molecule has 0 aromatic heterocycles. The van der Waals surface area contributed by atoms with Gasteiger partial charge in [0.2, 0.25) is 0 Å². The van der Waals surface area contributed by atoms with Crippen LogP contribution in [0, 0.1) is 0 Å². The van der Waals surface area contributed by atoms with E-state index in [1.165, 1.54) is 6.07 Å². The van der Waals surface area contributed by atoms with Crippen LogP contribution in [0.2, 0.25) is 0 Å². The third-order valence-corrected chi connectivity index (χ3v) is 3.72. The van der Waals surface area contributed by atoms with Crippen molar-refractivity contribution in [2.75, 3.05) is 0 Å². The summed E-state index contributed by atoms with van der Waals surface area (Å²) in [4.78, 5) is -0.0368. The van der Waals surface area contributed by atoms with Crippen LogP contribution in [-0.2, 0) is 10.1 Å². The Balaban J connectivity index is 2.76. The molecule has 0 saturated heterocycles. The zero-order valence-electron chi connectivity index (χ0n) is 9.71. The van der Waals surface area contributed by atoms with Gasteiger partial charge in [-0.1, -0.05) is 44.2 Å². The maximum atomic E-state index is 11.2. The third-order valence-electron chi connectivity index (χ3n) is 2.81. The molecule has 0 aliphatic rings. The van der Waals surface area contributed by atoms with Crippen molar-refractivity contribution in [1.29, 1.82) is 0 Å². The molecule has 0 aliphatic carbocycles. The maximum absolute atomic E-state index is 11.2. The first kappa shape index (κ1) is 12.1. The summed E-state index contributed by atoms with van der Waals surface area (Å²) < 4.78 is 31.6. The summed E-state index contributed by atoms with van der Waals surface area (Å²) in [5, 5.41) is 1.38. The summed E-state index contributed by atoms with van der Waals surface area (Å²) in [6.45, 7) is 4.15. The maximum Gasteiger partial charge on any atom is 0.295 e. The SMILES string of the molecule is CC(C)c1ccc2c(S(=O)(=O)O)cccc2c1. The van der Waals surface area contributed by atoms with E-state index in [4.69, 9.17) is 4.55 Å². The van der Waals surface area contributed by atoms with Crippen LogP contribution < -0.4 is 0 Å². The zero-order valence-corrected chi connectivity index (χ0v) is 10.5. The van der Waals surface area contributed by atoms with Crippen LogP contribution in [0.4, 0.5) is 0 Å². The summed E-state index contributed by atoms with van der Waals surface area (Å²) in [5.41, 5.74) is 1.14. The van der Waals surface area contributed by atoms with Gasteiger partial charge in [-0.25, -0.2) is 0 Å². The van der Waals surface area contributed by atoms with Crippen molar-refractivity contribution in [3.63, 3.8) is 0 Å². The molecule has 2 aromatic rings. The van der Waals surface area contributed by atoms with Gasteiger partial charge in [0.25, 0.3) is 10.1 Å². The van der Waals surface area contributed by atoms with Crippen LogP contribution in [0.25, 0.3) is 10.8 Å². The molecule has 0 atom stereocenters. The van der Waals surface area contributed by atoms with Crippen molar-refractivity contribution < 1.29 is 13.0 Å². The number of rotatable bonds is 2. The predicted molar refractivity (Wildman–Crippen MR) is 67.9 cm³/mol. The van der Waals surface area contributed by atoms with Crippen molar-refractivity contribution in [2.24, 2.45) is 0 Å². The van der Waals surface area contributed by atoms with Gasteiger partial charge in [-0.2, -0.15) is 8.42 Å². The van der Waals surface area contributed by atoms with Gasteiger partial charge in [-0.15, -0.1) is 0 Å². The van der Waals surface area contributed by atoms with E-state index in [1.807, 2.05) is 18.2 Å². The van der Waals surface area contributed by atoms with Crippen molar-refractivity contribution in [2.45, 2.75) is 24.7 Å². The van der Waals surface area contributed by atoms with Crippen molar-refractivity contribution >= 4 is 20.9 Å². The largest absolute Gasteiger partial charge is 0.295 e. The minimum absolute atomic E-state index is 0.0368. The Morgan fingerprint density at radius 1 is 1.12 bits per heavy atom. The van der Waals surface area contributed by atoms with Gasteiger partial charge >= 0.3 is 0 Å². The molecule has 1 N–H and O–H groups in total. The Hall–Kier alpha value is -1.39. The minimum Gasteiger partial charge on any atom is -0.282 e. The van der Waals surface area contributed by atoms with Crippen LogP contribution in [0.15, 0.2) is 41.3 Å². The lowest BCUT2D eigenvalue weighted by Gasteiger charge is -2.08. The van der Waals surface area contributed by atoms with Crippen LogP contribution in [0.1, 0.15) is 25.3 Å². The van der Waals surface area contributed by atoms with Crippen LogP contribution >= 0.6 is 0 Å². The van der Waals surface area contributed by atoms with E-state index in [-0.39, 0.29) is 4.90 Å². The lowest BCUT2D eigenvalue weighted by Crippen LogP contribution is -1.99. The highest BCUT2D eigenvalue weighted by Gasteiger charge is 2.13. The average molecular weight is 250 g/mol. The molecule has 2 aromatic carbocycles. The van der Waals surface area contributed by atoms with E-state index in [0.717, 1.165) is 10.9 Å². The average Bonchev–Trinajstić information content (AvgIpc) is 2.26. The highest BCUT2D eigenvalue weighted by atomic mass is 32.2. The van der Waals surface area contributed by atoms with Gasteiger partial charge in [0.1, 0.15) is 4.90 Å². The van der Waals surface area contributed by atoms with Crippen LogP contribution in [0.5, 0.6) is 0 Å². The molecule has 0 radical (unpaired) electrons. The number of fused-ring (bicyclic) bond motifs is 1. The van der Waals surface area contributed by atoms with Crippen molar-refractivity contribution in [3.8, 4) is 0 Å². The first-order valence-corrected chi connectivity index (χ1v) is 6.84. The standard InChI is InChI=1S/C13H14O3S/c1-9(2)10-6-7-12-11(8-10)4-3-5-13(12)17(14,15)16/h3-9H,1-2H3,(H,14,15,16).